The maximum absolute atomic E-state index is 12.8. The number of aromatic nitrogens is 2. The molecule has 0 radical (unpaired) electrons. The second kappa shape index (κ2) is 7.51. The molecule has 4 rings (SSSR count). The smallest absolute Gasteiger partial charge is 0.265 e. The third-order valence-electron chi connectivity index (χ3n) is 4.34. The van der Waals surface area contributed by atoms with Crippen molar-refractivity contribution < 1.29 is 9.21 Å². The third kappa shape index (κ3) is 3.68. The van der Waals surface area contributed by atoms with E-state index in [1.165, 1.54) is 10.9 Å². The average molecular weight is 387 g/mol. The lowest BCUT2D eigenvalue weighted by Crippen LogP contribution is -2.20. The van der Waals surface area contributed by atoms with Crippen molar-refractivity contribution in [2.45, 2.75) is 6.92 Å². The lowest BCUT2D eigenvalue weighted by Gasteiger charge is -2.05. The summed E-state index contributed by atoms with van der Waals surface area (Å²) in [5, 5.41) is 11.3. The molecule has 29 heavy (non-hydrogen) atoms. The molecule has 0 fully saturated rings. The summed E-state index contributed by atoms with van der Waals surface area (Å²) in [6.45, 7) is 1.63. The Morgan fingerprint density at radius 3 is 2.38 bits per heavy atom. The maximum atomic E-state index is 12.8. The van der Waals surface area contributed by atoms with Crippen molar-refractivity contribution in [3.8, 4) is 0 Å². The number of furan rings is 1. The monoisotopic (exact) mass is 387 g/mol. The Morgan fingerprint density at radius 2 is 1.69 bits per heavy atom. The molecule has 0 aliphatic carbocycles. The summed E-state index contributed by atoms with van der Waals surface area (Å²) in [6.07, 6.45) is 1.36. The van der Waals surface area contributed by atoms with Crippen LogP contribution in [-0.4, -0.2) is 15.5 Å². The number of azo groups is 1. The van der Waals surface area contributed by atoms with E-state index in [1.54, 1.807) is 38.2 Å². The van der Waals surface area contributed by atoms with Gasteiger partial charge in [0.05, 0.1) is 16.9 Å². The van der Waals surface area contributed by atoms with Gasteiger partial charge in [0.15, 0.2) is 0 Å². The molecule has 0 aliphatic heterocycles. The molecule has 0 saturated heterocycles. The van der Waals surface area contributed by atoms with Crippen LogP contribution in [0.3, 0.4) is 0 Å². The summed E-state index contributed by atoms with van der Waals surface area (Å²) >= 11 is 0. The van der Waals surface area contributed by atoms with Crippen LogP contribution in [0.5, 0.6) is 0 Å². The first-order valence-electron chi connectivity index (χ1n) is 8.86. The summed E-state index contributed by atoms with van der Waals surface area (Å²) in [5.41, 5.74) is 1.95. The molecule has 4 aromatic rings. The number of benzene rings is 2. The van der Waals surface area contributed by atoms with E-state index in [1.807, 2.05) is 30.3 Å². The molecule has 0 spiro atoms. The van der Waals surface area contributed by atoms with Crippen LogP contribution in [-0.2, 0) is 7.05 Å². The number of hydrogen-bond donors (Lipinski definition) is 1. The number of anilines is 1. The van der Waals surface area contributed by atoms with E-state index in [4.69, 9.17) is 4.42 Å². The highest BCUT2D eigenvalue weighted by Gasteiger charge is 2.22. The number of fused-ring (bicyclic) bond motifs is 1. The number of carbonyl (C=O) groups is 1. The number of hydrogen-bond acceptors (Lipinski definition) is 6. The van der Waals surface area contributed by atoms with Crippen molar-refractivity contribution in [2.24, 2.45) is 17.3 Å². The van der Waals surface area contributed by atoms with E-state index in [0.717, 1.165) is 5.69 Å². The second-order valence-electron chi connectivity index (χ2n) is 6.41. The molecule has 2 heterocycles. The van der Waals surface area contributed by atoms with Crippen LogP contribution in [0.4, 0.5) is 17.1 Å². The number of amides is 1. The molecule has 2 aromatic carbocycles. The van der Waals surface area contributed by atoms with Crippen molar-refractivity contribution >= 4 is 34.1 Å². The van der Waals surface area contributed by atoms with Crippen molar-refractivity contribution in [3.05, 3.63) is 82.6 Å². The number of nitrogens with one attached hydrogen (secondary N) is 1. The fourth-order valence-corrected chi connectivity index (χ4v) is 2.88. The Bertz CT molecular complexity index is 1270. The predicted octanol–water partition coefficient (Wildman–Crippen LogP) is 4.50. The number of nitrogens with zero attached hydrogens (tertiary/aromatic N) is 4. The summed E-state index contributed by atoms with van der Waals surface area (Å²) in [6, 6.07) is 16.3. The van der Waals surface area contributed by atoms with Crippen molar-refractivity contribution in [1.29, 1.82) is 0 Å². The molecule has 0 saturated carbocycles. The maximum Gasteiger partial charge on any atom is 0.265 e. The Labute approximate surface area is 165 Å². The Morgan fingerprint density at radius 1 is 1.03 bits per heavy atom. The molecular formula is C21H17N5O3. The summed E-state index contributed by atoms with van der Waals surface area (Å²) in [5.74, 6) is -0.105. The van der Waals surface area contributed by atoms with E-state index in [0.29, 0.717) is 17.1 Å². The lowest BCUT2D eigenvalue weighted by molar-refractivity contribution is 0.102. The van der Waals surface area contributed by atoms with Crippen molar-refractivity contribution in [1.82, 2.24) is 9.55 Å². The van der Waals surface area contributed by atoms with Gasteiger partial charge in [-0.2, -0.15) is 10.2 Å². The molecule has 144 valence electrons. The van der Waals surface area contributed by atoms with Crippen LogP contribution in [0.2, 0.25) is 0 Å². The Kier molecular flexibility index (Phi) is 4.74. The van der Waals surface area contributed by atoms with Gasteiger partial charge in [-0.05, 0) is 43.3 Å². The first-order valence-corrected chi connectivity index (χ1v) is 8.86. The van der Waals surface area contributed by atoms with Gasteiger partial charge in [0.2, 0.25) is 5.71 Å². The van der Waals surface area contributed by atoms with E-state index in [9.17, 15) is 9.59 Å². The lowest BCUT2D eigenvalue weighted by atomic mass is 10.1. The number of carbonyl (C=O) groups excluding carboxylic acids is 1. The molecule has 0 aliphatic rings. The molecule has 1 N–H and O–H groups in total. The fraction of sp³-hybridized carbons (Fsp3) is 0.0952. The molecule has 2 aromatic heterocycles. The molecule has 1 amide bonds. The van der Waals surface area contributed by atoms with Crippen LogP contribution in [0, 0.1) is 6.92 Å². The topological polar surface area (TPSA) is 102 Å². The zero-order valence-corrected chi connectivity index (χ0v) is 15.8. The van der Waals surface area contributed by atoms with Crippen LogP contribution < -0.4 is 10.9 Å². The normalized spacial score (nSPS) is 11.2. The third-order valence-corrected chi connectivity index (χ3v) is 4.34. The van der Waals surface area contributed by atoms with Gasteiger partial charge >= 0.3 is 0 Å². The van der Waals surface area contributed by atoms with Gasteiger partial charge in [-0.25, -0.2) is 4.98 Å². The fourth-order valence-electron chi connectivity index (χ4n) is 2.88. The Balaban J connectivity index is 1.56. The minimum Gasteiger partial charge on any atom is -0.442 e. The zero-order chi connectivity index (χ0) is 20.4. The van der Waals surface area contributed by atoms with Gasteiger partial charge in [-0.1, -0.05) is 18.2 Å². The van der Waals surface area contributed by atoms with E-state index < -0.39 is 5.91 Å². The van der Waals surface area contributed by atoms with E-state index >= 15 is 0 Å². The molecule has 8 heteroatoms. The molecule has 0 bridgehead atoms. The molecule has 0 unspecified atom stereocenters. The van der Waals surface area contributed by atoms with Crippen LogP contribution in [0.15, 0.2) is 80.4 Å². The molecule has 8 nitrogen and oxygen atoms in total. The molecular weight excluding hydrogens is 370 g/mol. The summed E-state index contributed by atoms with van der Waals surface area (Å²) in [7, 11) is 1.57. The van der Waals surface area contributed by atoms with Gasteiger partial charge in [0, 0.05) is 12.7 Å². The number of rotatable bonds is 4. The summed E-state index contributed by atoms with van der Waals surface area (Å²) in [4.78, 5) is 29.3. The van der Waals surface area contributed by atoms with E-state index in [-0.39, 0.29) is 22.2 Å². The van der Waals surface area contributed by atoms with Gasteiger partial charge < -0.3 is 14.3 Å². The largest absolute Gasteiger partial charge is 0.442 e. The highest BCUT2D eigenvalue weighted by atomic mass is 16.3. The van der Waals surface area contributed by atoms with Crippen molar-refractivity contribution in [3.63, 3.8) is 0 Å². The van der Waals surface area contributed by atoms with Gasteiger partial charge in [0.25, 0.3) is 11.5 Å². The van der Waals surface area contributed by atoms with Crippen LogP contribution in [0.25, 0.3) is 11.1 Å². The predicted molar refractivity (Wildman–Crippen MR) is 109 cm³/mol. The van der Waals surface area contributed by atoms with Gasteiger partial charge in [-0.15, -0.1) is 0 Å². The highest BCUT2D eigenvalue weighted by molar-refractivity contribution is 6.12. The van der Waals surface area contributed by atoms with Crippen molar-refractivity contribution in [2.75, 3.05) is 5.32 Å². The zero-order valence-electron chi connectivity index (χ0n) is 15.8. The SMILES string of the molecule is Cc1oc2ncn(C)c(=O)c2c1C(=O)Nc1ccc(N=Nc2ccccc2)cc1. The molecule has 0 atom stereocenters. The Hall–Kier alpha value is -4.07. The average Bonchev–Trinajstić information content (AvgIpc) is 3.08. The van der Waals surface area contributed by atoms with Gasteiger partial charge in [0.1, 0.15) is 17.5 Å². The number of aryl methyl sites for hydroxylation is 2. The first-order chi connectivity index (χ1) is 14.0. The highest BCUT2D eigenvalue weighted by Crippen LogP contribution is 2.24. The first kappa shape index (κ1) is 18.3. The van der Waals surface area contributed by atoms with Crippen LogP contribution in [0.1, 0.15) is 16.1 Å². The minimum atomic E-state index is -0.440. The minimum absolute atomic E-state index is 0.146. The standard InChI is InChI=1S/C21H17N5O3/c1-13-17(18-20(29-13)22-12-26(2)21(18)28)19(27)23-14-8-10-16(11-9-14)25-24-15-6-4-3-5-7-15/h3-12H,1-2H3,(H,23,27). The van der Waals surface area contributed by atoms with Gasteiger partial charge in [-0.3, -0.25) is 9.59 Å². The quantitative estimate of drug-likeness (QED) is 0.521. The second-order valence-corrected chi connectivity index (χ2v) is 6.41. The van der Waals surface area contributed by atoms with E-state index in [2.05, 4.69) is 20.5 Å². The summed E-state index contributed by atoms with van der Waals surface area (Å²) < 4.78 is 6.78. The van der Waals surface area contributed by atoms with Crippen LogP contribution >= 0.6 is 0 Å².